The number of aliphatic hydroxyl groups is 1. The molecular formula is C52H62BN4O9. The molecule has 3 fully saturated rings. The molecule has 14 heteroatoms. The molecule has 2 aliphatic carbocycles. The summed E-state index contributed by atoms with van der Waals surface area (Å²) in [5.41, 5.74) is 3.74. The molecule has 8 aliphatic rings. The third kappa shape index (κ3) is 6.16. The van der Waals surface area contributed by atoms with E-state index in [2.05, 4.69) is 77.9 Å². The van der Waals surface area contributed by atoms with Crippen molar-refractivity contribution in [3.05, 3.63) is 101 Å². The Balaban J connectivity index is 1.20. The summed E-state index contributed by atoms with van der Waals surface area (Å²) in [6.45, 7) is 9.18. The number of hydrogen-bond acceptors (Lipinski definition) is 13. The second-order valence-electron chi connectivity index (χ2n) is 19.7. The van der Waals surface area contributed by atoms with Gasteiger partial charge in [-0.25, -0.2) is 4.79 Å². The molecule has 0 amide bonds. The number of rotatable bonds is 10. The summed E-state index contributed by atoms with van der Waals surface area (Å²) in [5.74, 6) is -1.53. The quantitative estimate of drug-likeness (QED) is 0.144. The summed E-state index contributed by atoms with van der Waals surface area (Å²) in [7, 11) is 10.2. The Morgan fingerprint density at radius 3 is 2.38 bits per heavy atom. The molecule has 1 radical (unpaired) electrons. The van der Waals surface area contributed by atoms with Gasteiger partial charge in [0, 0.05) is 87.1 Å². The molecule has 11 atom stereocenters. The van der Waals surface area contributed by atoms with Gasteiger partial charge < -0.3 is 39.0 Å². The number of carbonyl (C=O) groups is 3. The van der Waals surface area contributed by atoms with Crippen molar-refractivity contribution in [3.63, 3.8) is 0 Å². The Labute approximate surface area is 388 Å². The predicted molar refractivity (Wildman–Crippen MR) is 251 cm³/mol. The number of esters is 3. The van der Waals surface area contributed by atoms with Crippen LogP contribution in [0, 0.1) is 28.1 Å². The van der Waals surface area contributed by atoms with E-state index in [1.54, 1.807) is 14.2 Å². The molecule has 13 nitrogen and oxygen atoms in total. The van der Waals surface area contributed by atoms with Gasteiger partial charge in [-0.2, -0.15) is 0 Å². The van der Waals surface area contributed by atoms with Crippen LogP contribution in [-0.4, -0.2) is 143 Å². The van der Waals surface area contributed by atoms with E-state index >= 15 is 4.79 Å². The Morgan fingerprint density at radius 2 is 1.70 bits per heavy atom. The molecular weight excluding hydrogens is 835 g/mol. The summed E-state index contributed by atoms with van der Waals surface area (Å²) in [4.78, 5) is 50.1. The number of anilines is 2. The third-order valence-corrected chi connectivity index (χ3v) is 16.8. The van der Waals surface area contributed by atoms with Gasteiger partial charge in [-0.15, -0.1) is 0 Å². The number of carbonyl (C=O) groups excluding carboxylic acids is 3. The molecule has 6 aliphatic heterocycles. The highest BCUT2D eigenvalue weighted by Crippen LogP contribution is 2.70. The van der Waals surface area contributed by atoms with Gasteiger partial charge >= 0.3 is 17.9 Å². The molecule has 1 saturated carbocycles. The maximum absolute atomic E-state index is 15.6. The number of ether oxygens (including phenoxy) is 5. The van der Waals surface area contributed by atoms with Crippen molar-refractivity contribution < 1.29 is 43.2 Å². The number of nitrogens with one attached hydrogen (secondary N) is 1. The molecule has 66 heavy (non-hydrogen) atoms. The number of likely N-dealkylation sites (tertiary alicyclic amines) is 1. The van der Waals surface area contributed by atoms with Crippen LogP contribution in [0.25, 0.3) is 5.57 Å². The van der Waals surface area contributed by atoms with Gasteiger partial charge in [0.1, 0.15) is 5.75 Å². The van der Waals surface area contributed by atoms with Crippen molar-refractivity contribution in [3.8, 4) is 5.75 Å². The number of methoxy groups -OCH3 is 4. The Bertz CT molecular complexity index is 2520. The first kappa shape index (κ1) is 44.7. The van der Waals surface area contributed by atoms with Crippen LogP contribution < -0.4 is 15.5 Å². The van der Waals surface area contributed by atoms with E-state index < -0.39 is 58.0 Å². The van der Waals surface area contributed by atoms with Gasteiger partial charge in [0.2, 0.25) is 5.60 Å². The highest BCUT2D eigenvalue weighted by molar-refractivity contribution is 6.67. The third-order valence-electron chi connectivity index (χ3n) is 16.8. The normalized spacial score (nSPS) is 35.9. The largest absolute Gasteiger partial charge is 0.497 e. The Morgan fingerprint density at radius 1 is 0.939 bits per heavy atom. The summed E-state index contributed by atoms with van der Waals surface area (Å²) < 4.78 is 29.8. The number of fused-ring (bicyclic) bond motifs is 5. The number of nitrogens with zero attached hydrogens (tertiary/aromatic N) is 3. The van der Waals surface area contributed by atoms with E-state index in [9.17, 15) is 14.7 Å². The molecule has 2 aromatic rings. The summed E-state index contributed by atoms with van der Waals surface area (Å²) in [5, 5.41) is 17.0. The van der Waals surface area contributed by atoms with Crippen LogP contribution in [0.4, 0.5) is 11.4 Å². The van der Waals surface area contributed by atoms with Crippen LogP contribution in [0.5, 0.6) is 5.75 Å². The zero-order chi connectivity index (χ0) is 46.5. The van der Waals surface area contributed by atoms with E-state index in [4.69, 9.17) is 23.7 Å². The first-order chi connectivity index (χ1) is 31.8. The minimum atomic E-state index is -2.28. The van der Waals surface area contributed by atoms with Gasteiger partial charge in [-0.3, -0.25) is 19.4 Å². The minimum Gasteiger partial charge on any atom is -0.497 e. The van der Waals surface area contributed by atoms with Crippen molar-refractivity contribution in [1.29, 1.82) is 0 Å². The highest BCUT2D eigenvalue weighted by atomic mass is 16.6. The van der Waals surface area contributed by atoms with Crippen LogP contribution >= 0.6 is 0 Å². The van der Waals surface area contributed by atoms with E-state index in [1.165, 1.54) is 26.7 Å². The van der Waals surface area contributed by atoms with Crippen molar-refractivity contribution >= 4 is 47.6 Å². The molecule has 10 rings (SSSR count). The Hall–Kier alpha value is -5.15. The van der Waals surface area contributed by atoms with E-state index in [0.29, 0.717) is 38.9 Å². The lowest BCUT2D eigenvalue weighted by molar-refractivity contribution is -0.243. The van der Waals surface area contributed by atoms with Crippen molar-refractivity contribution in [1.82, 2.24) is 14.7 Å². The molecule has 2 bridgehead atoms. The fourth-order valence-corrected chi connectivity index (χ4v) is 14.4. The highest BCUT2D eigenvalue weighted by Gasteiger charge is 2.81. The molecule has 0 aromatic heterocycles. The van der Waals surface area contributed by atoms with Crippen LogP contribution in [0.15, 0.2) is 95.2 Å². The maximum Gasteiger partial charge on any atom is 0.344 e. The first-order valence-corrected chi connectivity index (χ1v) is 23.5. The second-order valence-corrected chi connectivity index (χ2v) is 19.7. The van der Waals surface area contributed by atoms with E-state index in [-0.39, 0.29) is 17.9 Å². The van der Waals surface area contributed by atoms with Gasteiger partial charge in [-0.1, -0.05) is 60.7 Å². The van der Waals surface area contributed by atoms with Crippen LogP contribution in [-0.2, 0) is 33.3 Å². The molecule has 3 unspecified atom stereocenters. The zero-order valence-corrected chi connectivity index (χ0v) is 39.4. The minimum absolute atomic E-state index is 0.0338. The monoisotopic (exact) mass is 897 g/mol. The molecule has 6 heterocycles. The molecule has 2 aromatic carbocycles. The number of benzene rings is 2. The summed E-state index contributed by atoms with van der Waals surface area (Å²) in [6.07, 6.45) is 11.5. The molecule has 1 spiro atoms. The summed E-state index contributed by atoms with van der Waals surface area (Å²) >= 11 is 0. The van der Waals surface area contributed by atoms with E-state index in [1.807, 2.05) is 43.1 Å². The second kappa shape index (κ2) is 16.3. The molecule has 347 valence electrons. The lowest BCUT2D eigenvalue weighted by atomic mass is 9.46. The van der Waals surface area contributed by atoms with Gasteiger partial charge in [0.25, 0.3) is 0 Å². The smallest absolute Gasteiger partial charge is 0.344 e. The van der Waals surface area contributed by atoms with Crippen LogP contribution in [0.2, 0.25) is 0 Å². The SMILES string of the molecule is CCC1=C[C@H]2CN(C1)CC1=C([B]c3ccc(Nc4ccc(OC)cc4)cc31)[C@@](C(=O)OC)(C1C=C3C(=CC1OC)N(C)[C@H]1[C@@](O)(C(=O)OC)[C@H](OC(C)=O)[C@]4(CC)C=CCN5CC[C@]31[C@@H]54)C2. The number of likely N-dealkylation sites (N-methyl/N-ethyl adjacent to an activating group) is 1. The average molecular weight is 898 g/mol. The number of allylic oxidation sites excluding steroid dienone is 1. The fraction of sp³-hybridized carbons (Fsp3) is 0.519. The summed E-state index contributed by atoms with van der Waals surface area (Å²) in [6, 6.07) is 13.1. The topological polar surface area (TPSA) is 139 Å². The lowest BCUT2D eigenvalue weighted by Crippen LogP contribution is -2.79. The van der Waals surface area contributed by atoms with Gasteiger partial charge in [0.05, 0.1) is 38.9 Å². The standard InChI is InChI=1S/C52H62BN4O9/c1-9-31-22-32-26-51(47(59)64-7,43-37(29-56(27-31)28-32)36-23-34(14-17-40(36)53-43)54-33-12-15-35(62-5)16-13-33)39-24-38-41(25-42(39)63-6)55(4)45-50(38)19-21-57-20-11-18-49(10-2,44(50)57)46(66-30(3)58)52(45,61)48(60)65-8/h11-18,22-25,32,39,42,44-46,54,61H,9-10,19-21,26-29H2,1-8H3/t32-,39?,42?,44+,45-,46-,49-,50-,51+,52+/m1/s1. The Kier molecular flexibility index (Phi) is 11.0. The van der Waals surface area contributed by atoms with Crippen molar-refractivity contribution in [2.24, 2.45) is 28.1 Å². The lowest BCUT2D eigenvalue weighted by Gasteiger charge is -2.63. The van der Waals surface area contributed by atoms with Gasteiger partial charge in [-0.05, 0) is 97.3 Å². The predicted octanol–water partition coefficient (Wildman–Crippen LogP) is 4.97. The zero-order valence-electron chi connectivity index (χ0n) is 39.4. The van der Waals surface area contributed by atoms with E-state index in [0.717, 1.165) is 70.0 Å². The van der Waals surface area contributed by atoms with Crippen molar-refractivity contribution in [2.45, 2.75) is 76.3 Å². The van der Waals surface area contributed by atoms with Gasteiger partial charge in [0.15, 0.2) is 13.4 Å². The molecule has 2 saturated heterocycles. The van der Waals surface area contributed by atoms with Crippen LogP contribution in [0.3, 0.4) is 0 Å². The molecule has 2 N–H and O–H groups in total. The fourth-order valence-electron chi connectivity index (χ4n) is 14.4. The average Bonchev–Trinajstić information content (AvgIpc) is 3.97. The first-order valence-electron chi connectivity index (χ1n) is 23.5. The number of hydrogen-bond donors (Lipinski definition) is 2. The van der Waals surface area contributed by atoms with Crippen molar-refractivity contribution in [2.75, 3.05) is 73.5 Å². The van der Waals surface area contributed by atoms with Crippen LogP contribution in [0.1, 0.15) is 52.0 Å². The maximum atomic E-state index is 15.6.